The predicted octanol–water partition coefficient (Wildman–Crippen LogP) is 2.27. The summed E-state index contributed by atoms with van der Waals surface area (Å²) in [5.74, 6) is 0.0491. The lowest BCUT2D eigenvalue weighted by molar-refractivity contribution is -0.121. The van der Waals surface area contributed by atoms with Gasteiger partial charge in [-0.05, 0) is 57.0 Å². The van der Waals surface area contributed by atoms with E-state index in [1.54, 1.807) is 25.1 Å². The fraction of sp³-hybridized carbons (Fsp3) is 0.579. The van der Waals surface area contributed by atoms with E-state index < -0.39 is 0 Å². The Morgan fingerprint density at radius 1 is 1.25 bits per heavy atom. The van der Waals surface area contributed by atoms with Crippen molar-refractivity contribution in [2.24, 2.45) is 0 Å². The van der Waals surface area contributed by atoms with Gasteiger partial charge in [0.05, 0.1) is 0 Å². The molecule has 0 bridgehead atoms. The van der Waals surface area contributed by atoms with Gasteiger partial charge in [0.2, 0.25) is 5.91 Å². The van der Waals surface area contributed by atoms with Crippen LogP contribution < -0.4 is 5.32 Å². The van der Waals surface area contributed by atoms with Gasteiger partial charge in [-0.15, -0.1) is 0 Å². The van der Waals surface area contributed by atoms with Gasteiger partial charge in [0.1, 0.15) is 0 Å². The molecule has 0 saturated carbocycles. The Kier molecular flexibility index (Phi) is 6.79. The summed E-state index contributed by atoms with van der Waals surface area (Å²) in [6.07, 6.45) is 4.00. The minimum absolute atomic E-state index is 0.0254. The molecule has 1 atom stereocenters. The first kappa shape index (κ1) is 18.5. The minimum Gasteiger partial charge on any atom is -0.352 e. The van der Waals surface area contributed by atoms with Crippen LogP contribution in [-0.4, -0.2) is 54.8 Å². The molecular weight excluding hydrogens is 302 g/mol. The first-order valence-electron chi connectivity index (χ1n) is 8.78. The number of carbonyl (C=O) groups excluding carboxylic acids is 2. The highest BCUT2D eigenvalue weighted by atomic mass is 16.2. The van der Waals surface area contributed by atoms with Crippen molar-refractivity contribution in [1.82, 2.24) is 15.1 Å². The monoisotopic (exact) mass is 331 g/mol. The Morgan fingerprint density at radius 2 is 1.96 bits per heavy atom. The molecule has 0 unspecified atom stereocenters. The standard InChI is InChI=1S/C19H29N3O2/c1-15(22-11-4-5-12-22)9-10-18(23)20-14-16-7-6-8-17(13-16)19(24)21(2)3/h6-8,13,15H,4-5,9-12,14H2,1-3H3,(H,20,23)/t15-/m0/s1. The van der Waals surface area contributed by atoms with E-state index in [1.165, 1.54) is 12.8 Å². The summed E-state index contributed by atoms with van der Waals surface area (Å²) < 4.78 is 0. The lowest BCUT2D eigenvalue weighted by atomic mass is 10.1. The van der Waals surface area contributed by atoms with Crippen molar-refractivity contribution < 1.29 is 9.59 Å². The van der Waals surface area contributed by atoms with Crippen LogP contribution in [-0.2, 0) is 11.3 Å². The van der Waals surface area contributed by atoms with Crippen LogP contribution in [0.2, 0.25) is 0 Å². The van der Waals surface area contributed by atoms with Crippen LogP contribution in [0.3, 0.4) is 0 Å². The Bertz CT molecular complexity index is 565. The number of hydrogen-bond acceptors (Lipinski definition) is 3. The molecule has 1 fully saturated rings. The third-order valence-electron chi connectivity index (χ3n) is 4.62. The van der Waals surface area contributed by atoms with Crippen molar-refractivity contribution in [3.63, 3.8) is 0 Å². The lowest BCUT2D eigenvalue weighted by Gasteiger charge is -2.23. The quantitative estimate of drug-likeness (QED) is 0.834. The molecule has 0 spiro atoms. The molecule has 1 heterocycles. The number of nitrogens with one attached hydrogen (secondary N) is 1. The van der Waals surface area contributed by atoms with Gasteiger partial charge in [-0.3, -0.25) is 9.59 Å². The third kappa shape index (κ3) is 5.34. The van der Waals surface area contributed by atoms with Crippen LogP contribution in [0.15, 0.2) is 24.3 Å². The molecule has 24 heavy (non-hydrogen) atoms. The van der Waals surface area contributed by atoms with E-state index in [4.69, 9.17) is 0 Å². The average Bonchev–Trinajstić information content (AvgIpc) is 3.12. The highest BCUT2D eigenvalue weighted by molar-refractivity contribution is 5.94. The van der Waals surface area contributed by atoms with Crippen molar-refractivity contribution in [2.45, 2.75) is 45.2 Å². The van der Waals surface area contributed by atoms with Gasteiger partial charge >= 0.3 is 0 Å². The summed E-state index contributed by atoms with van der Waals surface area (Å²) in [7, 11) is 3.47. The van der Waals surface area contributed by atoms with Gasteiger partial charge in [-0.2, -0.15) is 0 Å². The van der Waals surface area contributed by atoms with Crippen LogP contribution >= 0.6 is 0 Å². The number of carbonyl (C=O) groups is 2. The highest BCUT2D eigenvalue weighted by Gasteiger charge is 2.18. The molecule has 1 aliphatic heterocycles. The van der Waals surface area contributed by atoms with Crippen LogP contribution in [0, 0.1) is 0 Å². The molecule has 0 radical (unpaired) electrons. The number of hydrogen-bond donors (Lipinski definition) is 1. The van der Waals surface area contributed by atoms with Crippen LogP contribution in [0.25, 0.3) is 0 Å². The zero-order chi connectivity index (χ0) is 17.5. The fourth-order valence-corrected chi connectivity index (χ4v) is 3.07. The van der Waals surface area contributed by atoms with E-state index in [1.807, 2.05) is 18.2 Å². The molecule has 132 valence electrons. The van der Waals surface area contributed by atoms with Crippen molar-refractivity contribution in [3.8, 4) is 0 Å². The fourth-order valence-electron chi connectivity index (χ4n) is 3.07. The van der Waals surface area contributed by atoms with Crippen molar-refractivity contribution in [3.05, 3.63) is 35.4 Å². The summed E-state index contributed by atoms with van der Waals surface area (Å²) in [5.41, 5.74) is 1.60. The molecule has 1 aromatic rings. The molecule has 1 aromatic carbocycles. The number of rotatable bonds is 7. The van der Waals surface area contributed by atoms with Gasteiger partial charge in [0, 0.05) is 38.7 Å². The molecule has 2 rings (SSSR count). The van der Waals surface area contributed by atoms with Gasteiger partial charge in [-0.1, -0.05) is 12.1 Å². The second-order valence-electron chi connectivity index (χ2n) is 6.81. The Hall–Kier alpha value is -1.88. The maximum absolute atomic E-state index is 12.1. The molecule has 0 aromatic heterocycles. The van der Waals surface area contributed by atoms with E-state index in [0.29, 0.717) is 24.6 Å². The summed E-state index contributed by atoms with van der Waals surface area (Å²) in [6.45, 7) is 4.99. The van der Waals surface area contributed by atoms with E-state index in [9.17, 15) is 9.59 Å². The number of nitrogens with zero attached hydrogens (tertiary/aromatic N) is 2. The van der Waals surface area contributed by atoms with Gasteiger partial charge in [-0.25, -0.2) is 0 Å². The lowest BCUT2D eigenvalue weighted by Crippen LogP contribution is -2.32. The zero-order valence-corrected chi connectivity index (χ0v) is 15.0. The first-order valence-corrected chi connectivity index (χ1v) is 8.78. The zero-order valence-electron chi connectivity index (χ0n) is 15.0. The molecule has 0 aliphatic carbocycles. The largest absolute Gasteiger partial charge is 0.352 e. The average molecular weight is 331 g/mol. The van der Waals surface area contributed by atoms with Crippen molar-refractivity contribution in [2.75, 3.05) is 27.2 Å². The van der Waals surface area contributed by atoms with Gasteiger partial charge < -0.3 is 15.1 Å². The molecule has 5 heteroatoms. The topological polar surface area (TPSA) is 52.7 Å². The summed E-state index contributed by atoms with van der Waals surface area (Å²) in [6, 6.07) is 7.90. The van der Waals surface area contributed by atoms with Crippen LogP contribution in [0.1, 0.15) is 48.5 Å². The van der Waals surface area contributed by atoms with E-state index >= 15 is 0 Å². The predicted molar refractivity (Wildman–Crippen MR) is 95.8 cm³/mol. The van der Waals surface area contributed by atoms with Crippen LogP contribution in [0.5, 0.6) is 0 Å². The molecule has 1 saturated heterocycles. The SMILES string of the molecule is C[C@@H](CCC(=O)NCc1cccc(C(=O)N(C)C)c1)N1CCCC1. The normalized spacial score (nSPS) is 16.0. The Labute approximate surface area is 145 Å². The Balaban J connectivity index is 1.77. The second kappa shape index (κ2) is 8.83. The second-order valence-corrected chi connectivity index (χ2v) is 6.81. The first-order chi connectivity index (χ1) is 11.5. The van der Waals surface area contributed by atoms with Gasteiger partial charge in [0.25, 0.3) is 5.91 Å². The molecule has 1 N–H and O–H groups in total. The third-order valence-corrected chi connectivity index (χ3v) is 4.62. The molecule has 5 nitrogen and oxygen atoms in total. The van der Waals surface area contributed by atoms with E-state index in [-0.39, 0.29) is 11.8 Å². The maximum atomic E-state index is 12.1. The number of likely N-dealkylation sites (tertiary alicyclic amines) is 1. The van der Waals surface area contributed by atoms with Gasteiger partial charge in [0.15, 0.2) is 0 Å². The number of amides is 2. The molecule has 2 amide bonds. The minimum atomic E-state index is -0.0254. The van der Waals surface area contributed by atoms with E-state index in [0.717, 1.165) is 25.1 Å². The Morgan fingerprint density at radius 3 is 2.62 bits per heavy atom. The van der Waals surface area contributed by atoms with Crippen LogP contribution in [0.4, 0.5) is 0 Å². The summed E-state index contributed by atoms with van der Waals surface area (Å²) in [5, 5.41) is 2.96. The maximum Gasteiger partial charge on any atom is 0.253 e. The number of benzene rings is 1. The summed E-state index contributed by atoms with van der Waals surface area (Å²) >= 11 is 0. The van der Waals surface area contributed by atoms with Crippen molar-refractivity contribution in [1.29, 1.82) is 0 Å². The smallest absolute Gasteiger partial charge is 0.253 e. The highest BCUT2D eigenvalue weighted by Crippen LogP contribution is 2.15. The molecular formula is C19H29N3O2. The molecule has 1 aliphatic rings. The van der Waals surface area contributed by atoms with E-state index in [2.05, 4.69) is 17.1 Å². The summed E-state index contributed by atoms with van der Waals surface area (Å²) in [4.78, 5) is 28.0. The van der Waals surface area contributed by atoms with Crippen molar-refractivity contribution >= 4 is 11.8 Å².